The van der Waals surface area contributed by atoms with Crippen molar-refractivity contribution in [3.63, 3.8) is 0 Å². The normalized spacial score (nSPS) is 16.0. The first kappa shape index (κ1) is 29.1. The molecule has 3 heterocycles. The number of aliphatic hydroxyl groups is 1. The molecule has 212 valence electrons. The standard InChI is InChI=1S/C29H33F3N6O2/c1-36(2)23(19-39)18-35-27(40)28(22-6-8-24(34-17-22)26-5-4-12-37(26)3)10-13-38(14-11-28)25-9-7-21(29(30,31)32)15-20(25)16-33/h4-9,12,15,17,23,39H,10-11,13-14,18-19H2,1-3H3,(H,35,40)/t23-/m1/s1. The number of rotatable bonds is 8. The summed E-state index contributed by atoms with van der Waals surface area (Å²) in [5, 5.41) is 22.3. The first-order valence-corrected chi connectivity index (χ1v) is 13.0. The highest BCUT2D eigenvalue weighted by atomic mass is 19.4. The number of aromatic nitrogens is 2. The third-order valence-corrected chi connectivity index (χ3v) is 7.80. The number of likely N-dealkylation sites (N-methyl/N-ethyl adjacent to an activating group) is 1. The van der Waals surface area contributed by atoms with E-state index in [0.717, 1.165) is 29.1 Å². The molecule has 0 radical (unpaired) electrons. The summed E-state index contributed by atoms with van der Waals surface area (Å²) in [5.41, 5.74) is 0.972. The number of hydrogen-bond acceptors (Lipinski definition) is 6. The fourth-order valence-electron chi connectivity index (χ4n) is 5.20. The van der Waals surface area contributed by atoms with Crippen LogP contribution in [0.15, 0.2) is 54.9 Å². The van der Waals surface area contributed by atoms with Gasteiger partial charge in [0.15, 0.2) is 0 Å². The zero-order valence-corrected chi connectivity index (χ0v) is 22.7. The van der Waals surface area contributed by atoms with E-state index in [4.69, 9.17) is 0 Å². The Morgan fingerprint density at radius 3 is 2.48 bits per heavy atom. The number of hydrogen-bond donors (Lipinski definition) is 2. The van der Waals surface area contributed by atoms with Crippen molar-refractivity contribution in [3.8, 4) is 17.5 Å². The number of carbonyl (C=O) groups is 1. The number of piperidine rings is 1. The van der Waals surface area contributed by atoms with Crippen molar-refractivity contribution in [2.75, 3.05) is 45.2 Å². The molecule has 0 unspecified atom stereocenters. The van der Waals surface area contributed by atoms with Crippen molar-refractivity contribution < 1.29 is 23.1 Å². The third kappa shape index (κ3) is 5.83. The third-order valence-electron chi connectivity index (χ3n) is 7.80. The summed E-state index contributed by atoms with van der Waals surface area (Å²) in [6.07, 6.45) is -0.180. The number of anilines is 1. The fraction of sp³-hybridized carbons (Fsp3) is 0.414. The predicted octanol–water partition coefficient (Wildman–Crippen LogP) is 3.55. The number of aliphatic hydroxyl groups excluding tert-OH is 1. The number of aryl methyl sites for hydroxylation is 1. The Hall–Kier alpha value is -3.88. The van der Waals surface area contributed by atoms with E-state index in [9.17, 15) is 28.3 Å². The maximum atomic E-state index is 13.8. The fourth-order valence-corrected chi connectivity index (χ4v) is 5.20. The molecule has 3 aromatic rings. The molecule has 4 rings (SSSR count). The smallest absolute Gasteiger partial charge is 0.395 e. The molecule has 11 heteroatoms. The minimum Gasteiger partial charge on any atom is -0.395 e. The largest absolute Gasteiger partial charge is 0.416 e. The van der Waals surface area contributed by atoms with E-state index in [-0.39, 0.29) is 30.7 Å². The van der Waals surface area contributed by atoms with Crippen LogP contribution in [-0.2, 0) is 23.4 Å². The highest BCUT2D eigenvalue weighted by Crippen LogP contribution is 2.39. The molecule has 1 aliphatic heterocycles. The van der Waals surface area contributed by atoms with Gasteiger partial charge in [-0.1, -0.05) is 6.07 Å². The summed E-state index contributed by atoms with van der Waals surface area (Å²) in [7, 11) is 5.57. The van der Waals surface area contributed by atoms with Gasteiger partial charge < -0.3 is 24.8 Å². The molecule has 1 amide bonds. The molecule has 1 aliphatic rings. The summed E-state index contributed by atoms with van der Waals surface area (Å²) >= 11 is 0. The van der Waals surface area contributed by atoms with Crippen LogP contribution >= 0.6 is 0 Å². The number of pyridine rings is 1. The predicted molar refractivity (Wildman–Crippen MR) is 145 cm³/mol. The number of nitriles is 1. The molecule has 1 saturated heterocycles. The molecule has 2 aromatic heterocycles. The second kappa shape index (κ2) is 11.7. The number of benzene rings is 1. The summed E-state index contributed by atoms with van der Waals surface area (Å²) in [5.74, 6) is -0.200. The van der Waals surface area contributed by atoms with Crippen LogP contribution in [-0.4, -0.2) is 71.8 Å². The van der Waals surface area contributed by atoms with Gasteiger partial charge in [-0.25, -0.2) is 0 Å². The Kier molecular flexibility index (Phi) is 8.51. The zero-order valence-electron chi connectivity index (χ0n) is 22.7. The van der Waals surface area contributed by atoms with E-state index in [2.05, 4.69) is 10.3 Å². The highest BCUT2D eigenvalue weighted by molar-refractivity contribution is 5.89. The topological polar surface area (TPSA) is 97.4 Å². The van der Waals surface area contributed by atoms with Crippen LogP contribution in [0.4, 0.5) is 18.9 Å². The highest BCUT2D eigenvalue weighted by Gasteiger charge is 2.44. The summed E-state index contributed by atoms with van der Waals surface area (Å²) < 4.78 is 41.6. The Labute approximate surface area is 231 Å². The van der Waals surface area contributed by atoms with Gasteiger partial charge in [-0.2, -0.15) is 18.4 Å². The Balaban J connectivity index is 1.63. The van der Waals surface area contributed by atoms with Crippen molar-refractivity contribution in [1.29, 1.82) is 5.26 Å². The van der Waals surface area contributed by atoms with Crippen molar-refractivity contribution in [1.82, 2.24) is 19.8 Å². The van der Waals surface area contributed by atoms with E-state index < -0.39 is 17.2 Å². The first-order valence-electron chi connectivity index (χ1n) is 13.0. The Morgan fingerprint density at radius 1 is 1.23 bits per heavy atom. The van der Waals surface area contributed by atoms with Crippen LogP contribution in [0.1, 0.15) is 29.5 Å². The number of nitrogens with one attached hydrogen (secondary N) is 1. The van der Waals surface area contributed by atoms with E-state index in [1.54, 1.807) is 6.20 Å². The van der Waals surface area contributed by atoms with Gasteiger partial charge in [0.1, 0.15) is 6.07 Å². The molecule has 2 N–H and O–H groups in total. The van der Waals surface area contributed by atoms with Crippen LogP contribution < -0.4 is 10.2 Å². The molecule has 40 heavy (non-hydrogen) atoms. The molecular weight excluding hydrogens is 521 g/mol. The first-order chi connectivity index (χ1) is 19.0. The van der Waals surface area contributed by atoms with Crippen molar-refractivity contribution in [2.45, 2.75) is 30.5 Å². The van der Waals surface area contributed by atoms with Gasteiger partial charge in [0.25, 0.3) is 0 Å². The van der Waals surface area contributed by atoms with Gasteiger partial charge in [0.2, 0.25) is 5.91 Å². The van der Waals surface area contributed by atoms with Gasteiger partial charge in [0.05, 0.1) is 40.2 Å². The molecular formula is C29H33F3N6O2. The van der Waals surface area contributed by atoms with Crippen LogP contribution in [0, 0.1) is 11.3 Å². The number of carbonyl (C=O) groups excluding carboxylic acids is 1. The number of amides is 1. The minimum atomic E-state index is -4.54. The van der Waals surface area contributed by atoms with E-state index >= 15 is 0 Å². The summed E-state index contributed by atoms with van der Waals surface area (Å²) in [6, 6.07) is 12.5. The average Bonchev–Trinajstić information content (AvgIpc) is 3.38. The minimum absolute atomic E-state index is 0.0582. The van der Waals surface area contributed by atoms with E-state index in [1.807, 2.05) is 72.0 Å². The van der Waals surface area contributed by atoms with Gasteiger partial charge >= 0.3 is 6.18 Å². The van der Waals surface area contributed by atoms with Crippen LogP contribution in [0.25, 0.3) is 11.4 Å². The molecule has 8 nitrogen and oxygen atoms in total. The lowest BCUT2D eigenvalue weighted by molar-refractivity contribution is -0.137. The van der Waals surface area contributed by atoms with Crippen LogP contribution in [0.2, 0.25) is 0 Å². The summed E-state index contributed by atoms with van der Waals surface area (Å²) in [6.45, 7) is 0.834. The van der Waals surface area contributed by atoms with Crippen molar-refractivity contribution >= 4 is 11.6 Å². The van der Waals surface area contributed by atoms with Crippen LogP contribution in [0.3, 0.4) is 0 Å². The van der Waals surface area contributed by atoms with Gasteiger partial charge in [0, 0.05) is 45.1 Å². The molecule has 0 saturated carbocycles. The Morgan fingerprint density at radius 2 is 1.95 bits per heavy atom. The number of alkyl halides is 3. The molecule has 0 spiro atoms. The number of halogens is 3. The SMILES string of the molecule is CN(C)[C@@H](CO)CNC(=O)C1(c2ccc(-c3cccn3C)nc2)CCN(c2ccc(C(F)(F)F)cc2C#N)CC1. The average molecular weight is 555 g/mol. The van der Waals surface area contributed by atoms with Crippen molar-refractivity contribution in [2.24, 2.45) is 7.05 Å². The zero-order chi connectivity index (χ0) is 29.1. The number of nitrogens with zero attached hydrogens (tertiary/aromatic N) is 5. The van der Waals surface area contributed by atoms with Gasteiger partial charge in [-0.15, -0.1) is 0 Å². The monoisotopic (exact) mass is 554 g/mol. The second-order valence-corrected chi connectivity index (χ2v) is 10.4. The van der Waals surface area contributed by atoms with E-state index in [1.165, 1.54) is 6.07 Å². The quantitative estimate of drug-likeness (QED) is 0.442. The van der Waals surface area contributed by atoms with Crippen LogP contribution in [0.5, 0.6) is 0 Å². The van der Waals surface area contributed by atoms with Gasteiger partial charge in [-0.05, 0) is 68.9 Å². The molecule has 0 aliphatic carbocycles. The lowest BCUT2D eigenvalue weighted by Gasteiger charge is -2.42. The van der Waals surface area contributed by atoms with Crippen molar-refractivity contribution in [3.05, 3.63) is 71.5 Å². The molecule has 1 atom stereocenters. The molecule has 1 fully saturated rings. The van der Waals surface area contributed by atoms with E-state index in [0.29, 0.717) is 31.6 Å². The molecule has 1 aromatic carbocycles. The maximum Gasteiger partial charge on any atom is 0.416 e. The lowest BCUT2D eigenvalue weighted by Crippen LogP contribution is -2.54. The second-order valence-electron chi connectivity index (χ2n) is 10.4. The lowest BCUT2D eigenvalue weighted by atomic mass is 9.72. The summed E-state index contributed by atoms with van der Waals surface area (Å²) in [4.78, 5) is 22.1. The Bertz CT molecular complexity index is 1370. The molecule has 0 bridgehead atoms. The maximum absolute atomic E-state index is 13.8. The van der Waals surface area contributed by atoms with Gasteiger partial charge in [-0.3, -0.25) is 9.78 Å².